The molecule has 0 unspecified atom stereocenters. The summed E-state index contributed by atoms with van der Waals surface area (Å²) in [6.07, 6.45) is 4.12. The standard InChI is InChI=1S/C17H23N3O3/c1-23-10-9-20-8-7-12-11-13(5-6-15(12)20)18-17(22)19-14-3-2-4-16(14)21/h5-8,11,14,16,21H,2-4,9-10H2,1H3,(H2,18,19,22)/t14-,16+/m1/s1. The third-order valence-corrected chi connectivity index (χ3v) is 4.36. The summed E-state index contributed by atoms with van der Waals surface area (Å²) in [6, 6.07) is 7.43. The molecule has 1 aliphatic carbocycles. The first kappa shape index (κ1) is 15.8. The summed E-state index contributed by atoms with van der Waals surface area (Å²) >= 11 is 0. The number of methoxy groups -OCH3 is 1. The molecule has 1 aromatic heterocycles. The van der Waals surface area contributed by atoms with Gasteiger partial charge in [-0.3, -0.25) is 0 Å². The fraction of sp³-hybridized carbons (Fsp3) is 0.471. The van der Waals surface area contributed by atoms with Crippen LogP contribution in [0.5, 0.6) is 0 Å². The second kappa shape index (κ2) is 7.02. The Labute approximate surface area is 135 Å². The van der Waals surface area contributed by atoms with Gasteiger partial charge in [0, 0.05) is 36.4 Å². The Balaban J connectivity index is 1.65. The molecule has 1 aromatic carbocycles. The normalized spacial score (nSPS) is 20.8. The lowest BCUT2D eigenvalue weighted by atomic mass is 10.2. The van der Waals surface area contributed by atoms with E-state index in [0.29, 0.717) is 6.61 Å². The Hall–Kier alpha value is -2.05. The number of urea groups is 1. The molecule has 3 rings (SSSR count). The molecule has 124 valence electrons. The molecule has 0 aliphatic heterocycles. The van der Waals surface area contributed by atoms with E-state index in [1.165, 1.54) is 0 Å². The third-order valence-electron chi connectivity index (χ3n) is 4.36. The van der Waals surface area contributed by atoms with Crippen LogP contribution in [0.15, 0.2) is 30.5 Å². The molecule has 0 radical (unpaired) electrons. The number of hydrogen-bond acceptors (Lipinski definition) is 3. The van der Waals surface area contributed by atoms with E-state index in [9.17, 15) is 9.90 Å². The minimum atomic E-state index is -0.432. The zero-order valence-corrected chi connectivity index (χ0v) is 13.3. The molecule has 23 heavy (non-hydrogen) atoms. The number of hydrogen-bond donors (Lipinski definition) is 3. The van der Waals surface area contributed by atoms with Crippen molar-refractivity contribution >= 4 is 22.6 Å². The predicted octanol–water partition coefficient (Wildman–Crippen LogP) is 2.32. The van der Waals surface area contributed by atoms with E-state index in [2.05, 4.69) is 15.2 Å². The van der Waals surface area contributed by atoms with Crippen molar-refractivity contribution in [3.63, 3.8) is 0 Å². The molecular formula is C17H23N3O3. The smallest absolute Gasteiger partial charge is 0.319 e. The van der Waals surface area contributed by atoms with Gasteiger partial charge < -0.3 is 25.0 Å². The summed E-state index contributed by atoms with van der Waals surface area (Å²) in [6.45, 7) is 1.46. The zero-order valence-electron chi connectivity index (χ0n) is 13.3. The van der Waals surface area contributed by atoms with Gasteiger partial charge in [-0.05, 0) is 43.5 Å². The highest BCUT2D eigenvalue weighted by Crippen LogP contribution is 2.21. The number of rotatable bonds is 5. The van der Waals surface area contributed by atoms with Gasteiger partial charge in [-0.1, -0.05) is 0 Å². The molecule has 0 spiro atoms. The number of aliphatic hydroxyl groups is 1. The lowest BCUT2D eigenvalue weighted by Gasteiger charge is -2.17. The minimum Gasteiger partial charge on any atom is -0.391 e. The van der Waals surface area contributed by atoms with Crippen LogP contribution in [0.1, 0.15) is 19.3 Å². The molecule has 2 amide bonds. The van der Waals surface area contributed by atoms with Crippen LogP contribution in [0, 0.1) is 0 Å². The van der Waals surface area contributed by atoms with Crippen molar-refractivity contribution in [2.24, 2.45) is 0 Å². The van der Waals surface area contributed by atoms with E-state index < -0.39 is 6.10 Å². The Morgan fingerprint density at radius 2 is 2.26 bits per heavy atom. The first-order valence-electron chi connectivity index (χ1n) is 8.01. The highest BCUT2D eigenvalue weighted by molar-refractivity contribution is 5.93. The highest BCUT2D eigenvalue weighted by atomic mass is 16.5. The second-order valence-corrected chi connectivity index (χ2v) is 5.98. The Kier molecular flexibility index (Phi) is 4.83. The molecule has 3 N–H and O–H groups in total. The minimum absolute atomic E-state index is 0.145. The summed E-state index contributed by atoms with van der Waals surface area (Å²) in [7, 11) is 1.69. The Morgan fingerprint density at radius 1 is 1.39 bits per heavy atom. The van der Waals surface area contributed by atoms with Crippen LogP contribution in [0.3, 0.4) is 0 Å². The molecule has 1 heterocycles. The Morgan fingerprint density at radius 3 is 3.00 bits per heavy atom. The third kappa shape index (κ3) is 3.65. The van der Waals surface area contributed by atoms with Gasteiger partial charge in [0.25, 0.3) is 0 Å². The number of nitrogens with one attached hydrogen (secondary N) is 2. The van der Waals surface area contributed by atoms with Gasteiger partial charge in [0.05, 0.1) is 18.8 Å². The predicted molar refractivity (Wildman–Crippen MR) is 89.6 cm³/mol. The highest BCUT2D eigenvalue weighted by Gasteiger charge is 2.26. The van der Waals surface area contributed by atoms with Crippen molar-refractivity contribution in [1.82, 2.24) is 9.88 Å². The second-order valence-electron chi connectivity index (χ2n) is 5.98. The maximum atomic E-state index is 12.0. The maximum Gasteiger partial charge on any atom is 0.319 e. The van der Waals surface area contributed by atoms with Crippen LogP contribution in [-0.2, 0) is 11.3 Å². The van der Waals surface area contributed by atoms with Crippen molar-refractivity contribution in [2.75, 3.05) is 19.0 Å². The van der Waals surface area contributed by atoms with E-state index >= 15 is 0 Å². The molecular weight excluding hydrogens is 294 g/mol. The van der Waals surface area contributed by atoms with E-state index in [4.69, 9.17) is 4.74 Å². The number of amides is 2. The van der Waals surface area contributed by atoms with Crippen LogP contribution in [0.4, 0.5) is 10.5 Å². The number of nitrogens with zero attached hydrogens (tertiary/aromatic N) is 1. The summed E-state index contributed by atoms with van der Waals surface area (Å²) < 4.78 is 7.23. The van der Waals surface area contributed by atoms with E-state index in [-0.39, 0.29) is 12.1 Å². The number of carbonyl (C=O) groups excluding carboxylic acids is 1. The van der Waals surface area contributed by atoms with Gasteiger partial charge in [0.15, 0.2) is 0 Å². The topological polar surface area (TPSA) is 75.5 Å². The summed E-state index contributed by atoms with van der Waals surface area (Å²) in [4.78, 5) is 12.0. The number of benzene rings is 1. The molecule has 1 aliphatic rings. The summed E-state index contributed by atoms with van der Waals surface area (Å²) in [5.41, 5.74) is 1.85. The lowest BCUT2D eigenvalue weighted by molar-refractivity contribution is 0.151. The number of fused-ring (bicyclic) bond motifs is 1. The molecule has 6 nitrogen and oxygen atoms in total. The molecule has 2 aromatic rings. The van der Waals surface area contributed by atoms with Crippen LogP contribution < -0.4 is 10.6 Å². The van der Waals surface area contributed by atoms with Crippen molar-refractivity contribution < 1.29 is 14.6 Å². The molecule has 1 saturated carbocycles. The SMILES string of the molecule is COCCn1ccc2cc(NC(=O)N[C@@H]3CCC[C@@H]3O)ccc21. The molecule has 1 fully saturated rings. The van der Waals surface area contributed by atoms with Crippen molar-refractivity contribution in [3.8, 4) is 0 Å². The summed E-state index contributed by atoms with van der Waals surface area (Å²) in [5.74, 6) is 0. The van der Waals surface area contributed by atoms with Crippen LogP contribution in [0.2, 0.25) is 0 Å². The van der Waals surface area contributed by atoms with E-state index in [1.807, 2.05) is 30.5 Å². The first-order chi connectivity index (χ1) is 11.2. The number of aromatic nitrogens is 1. The quantitative estimate of drug-likeness (QED) is 0.792. The fourth-order valence-corrected chi connectivity index (χ4v) is 3.11. The van der Waals surface area contributed by atoms with Crippen LogP contribution in [0.25, 0.3) is 10.9 Å². The summed E-state index contributed by atoms with van der Waals surface area (Å²) in [5, 5.41) is 16.5. The van der Waals surface area contributed by atoms with Crippen LogP contribution >= 0.6 is 0 Å². The number of ether oxygens (including phenoxy) is 1. The number of anilines is 1. The van der Waals surface area contributed by atoms with Gasteiger partial charge in [-0.15, -0.1) is 0 Å². The average molecular weight is 317 g/mol. The largest absolute Gasteiger partial charge is 0.391 e. The molecule has 0 saturated heterocycles. The molecule has 0 bridgehead atoms. The zero-order chi connectivity index (χ0) is 16.2. The fourth-order valence-electron chi connectivity index (χ4n) is 3.11. The van der Waals surface area contributed by atoms with Gasteiger partial charge in [0.1, 0.15) is 0 Å². The van der Waals surface area contributed by atoms with Crippen molar-refractivity contribution in [3.05, 3.63) is 30.5 Å². The van der Waals surface area contributed by atoms with Crippen molar-refractivity contribution in [1.29, 1.82) is 0 Å². The van der Waals surface area contributed by atoms with E-state index in [1.54, 1.807) is 7.11 Å². The maximum absolute atomic E-state index is 12.0. The molecule has 6 heteroatoms. The van der Waals surface area contributed by atoms with Gasteiger partial charge >= 0.3 is 6.03 Å². The van der Waals surface area contributed by atoms with Crippen molar-refractivity contribution in [2.45, 2.75) is 38.0 Å². The van der Waals surface area contributed by atoms with Gasteiger partial charge in [-0.25, -0.2) is 4.79 Å². The molecule has 2 atom stereocenters. The monoisotopic (exact) mass is 317 g/mol. The Bertz CT molecular complexity index is 683. The number of carbonyl (C=O) groups is 1. The first-order valence-corrected chi connectivity index (χ1v) is 8.01. The number of aliphatic hydroxyl groups excluding tert-OH is 1. The average Bonchev–Trinajstić information content (AvgIpc) is 3.11. The van der Waals surface area contributed by atoms with Gasteiger partial charge in [-0.2, -0.15) is 0 Å². The van der Waals surface area contributed by atoms with E-state index in [0.717, 1.165) is 42.4 Å². The van der Waals surface area contributed by atoms with Crippen LogP contribution in [-0.4, -0.2) is 41.6 Å². The lowest BCUT2D eigenvalue weighted by Crippen LogP contribution is -2.42. The van der Waals surface area contributed by atoms with Gasteiger partial charge in [0.2, 0.25) is 0 Å².